The van der Waals surface area contributed by atoms with E-state index in [0.29, 0.717) is 31.0 Å². The summed E-state index contributed by atoms with van der Waals surface area (Å²) in [6, 6.07) is 15.1. The molecule has 3 N–H and O–H groups in total. The second-order valence-electron chi connectivity index (χ2n) is 9.30. The molecule has 2 heterocycles. The number of hydrogen-bond donors (Lipinski definition) is 2. The van der Waals surface area contributed by atoms with E-state index in [0.717, 1.165) is 36.9 Å². The molecule has 2 aliphatic heterocycles. The van der Waals surface area contributed by atoms with Gasteiger partial charge in [0.2, 0.25) is 17.7 Å². The number of hydrogen-bond acceptors (Lipinski definition) is 4. The van der Waals surface area contributed by atoms with Crippen molar-refractivity contribution in [3.05, 3.63) is 59.7 Å². The van der Waals surface area contributed by atoms with Crippen molar-refractivity contribution >= 4 is 29.1 Å². The van der Waals surface area contributed by atoms with Crippen LogP contribution in [0.3, 0.4) is 0 Å². The average Bonchev–Trinajstić information content (AvgIpc) is 3.54. The summed E-state index contributed by atoms with van der Waals surface area (Å²) in [4.78, 5) is 41.9. The van der Waals surface area contributed by atoms with Crippen LogP contribution in [0.2, 0.25) is 0 Å². The van der Waals surface area contributed by atoms with Crippen LogP contribution in [0, 0.1) is 5.92 Å². The van der Waals surface area contributed by atoms with Gasteiger partial charge >= 0.3 is 0 Å². The number of rotatable bonds is 5. The Morgan fingerprint density at radius 3 is 2.58 bits per heavy atom. The number of nitrogens with two attached hydrogens (primary N) is 1. The van der Waals surface area contributed by atoms with Gasteiger partial charge in [0.05, 0.1) is 13.0 Å². The van der Waals surface area contributed by atoms with Gasteiger partial charge in [-0.3, -0.25) is 14.4 Å². The summed E-state index contributed by atoms with van der Waals surface area (Å²) >= 11 is 0. The van der Waals surface area contributed by atoms with Crippen LogP contribution in [0.4, 0.5) is 11.4 Å². The molecular weight excluding hydrogens is 416 g/mol. The molecule has 2 aromatic rings. The van der Waals surface area contributed by atoms with Crippen molar-refractivity contribution < 1.29 is 14.4 Å². The highest BCUT2D eigenvalue weighted by atomic mass is 16.2. The molecule has 7 nitrogen and oxygen atoms in total. The van der Waals surface area contributed by atoms with Crippen LogP contribution >= 0.6 is 0 Å². The second kappa shape index (κ2) is 8.98. The summed E-state index contributed by atoms with van der Waals surface area (Å²) in [5, 5.41) is 2.96. The van der Waals surface area contributed by atoms with Crippen LogP contribution in [-0.2, 0) is 27.2 Å². The SMILES string of the molecule is NCC(=O)N1[C@H](C(=O)Nc2ccc(CC(=O)N3CCc4ccccc43)cc2)C[C@@H]2CCC[C@@H]21. The molecule has 0 unspecified atom stereocenters. The van der Waals surface area contributed by atoms with E-state index in [2.05, 4.69) is 11.4 Å². The zero-order valence-corrected chi connectivity index (χ0v) is 18.7. The topological polar surface area (TPSA) is 95.7 Å². The van der Waals surface area contributed by atoms with E-state index in [-0.39, 0.29) is 30.3 Å². The van der Waals surface area contributed by atoms with Gasteiger partial charge < -0.3 is 20.9 Å². The summed E-state index contributed by atoms with van der Waals surface area (Å²) in [5.41, 5.74) is 9.41. The highest BCUT2D eigenvalue weighted by molar-refractivity contribution is 5.98. The van der Waals surface area contributed by atoms with E-state index in [1.54, 1.807) is 4.90 Å². The van der Waals surface area contributed by atoms with Crippen molar-refractivity contribution in [2.24, 2.45) is 11.7 Å². The Kier molecular flexibility index (Phi) is 5.89. The van der Waals surface area contributed by atoms with Gasteiger partial charge in [0.1, 0.15) is 6.04 Å². The lowest BCUT2D eigenvalue weighted by Gasteiger charge is -2.28. The summed E-state index contributed by atoms with van der Waals surface area (Å²) in [7, 11) is 0. The summed E-state index contributed by atoms with van der Waals surface area (Å²) in [6.45, 7) is 0.644. The first-order valence-corrected chi connectivity index (χ1v) is 11.8. The van der Waals surface area contributed by atoms with Gasteiger partial charge in [-0.2, -0.15) is 0 Å². The maximum absolute atomic E-state index is 13.0. The van der Waals surface area contributed by atoms with Crippen LogP contribution in [0.25, 0.3) is 0 Å². The van der Waals surface area contributed by atoms with Gasteiger partial charge in [-0.25, -0.2) is 0 Å². The zero-order valence-electron chi connectivity index (χ0n) is 18.7. The van der Waals surface area contributed by atoms with Gasteiger partial charge in [-0.15, -0.1) is 0 Å². The highest BCUT2D eigenvalue weighted by Gasteiger charge is 2.48. The van der Waals surface area contributed by atoms with E-state index in [1.165, 1.54) is 5.56 Å². The minimum absolute atomic E-state index is 0.0722. The van der Waals surface area contributed by atoms with Crippen molar-refractivity contribution in [2.75, 3.05) is 23.3 Å². The lowest BCUT2D eigenvalue weighted by Crippen LogP contribution is -2.49. The molecule has 7 heteroatoms. The number of nitrogens with one attached hydrogen (secondary N) is 1. The molecule has 1 saturated heterocycles. The molecular formula is C26H30N4O3. The summed E-state index contributed by atoms with van der Waals surface area (Å²) < 4.78 is 0. The normalized spacial score (nSPS) is 23.4. The largest absolute Gasteiger partial charge is 0.326 e. The fraction of sp³-hybridized carbons (Fsp3) is 0.423. The van der Waals surface area contributed by atoms with Crippen molar-refractivity contribution in [2.45, 2.75) is 50.6 Å². The number of amides is 3. The first-order valence-electron chi connectivity index (χ1n) is 11.8. The number of benzene rings is 2. The van der Waals surface area contributed by atoms with E-state index in [4.69, 9.17) is 5.73 Å². The molecule has 172 valence electrons. The summed E-state index contributed by atoms with van der Waals surface area (Å²) in [5.74, 6) is 0.149. The molecule has 33 heavy (non-hydrogen) atoms. The van der Waals surface area contributed by atoms with Crippen LogP contribution in [0.1, 0.15) is 36.8 Å². The average molecular weight is 447 g/mol. The van der Waals surface area contributed by atoms with Crippen LogP contribution in [0.15, 0.2) is 48.5 Å². The Hall–Kier alpha value is -3.19. The molecule has 3 amide bonds. The van der Waals surface area contributed by atoms with Crippen LogP contribution in [0.5, 0.6) is 0 Å². The number of carbonyl (C=O) groups is 3. The maximum atomic E-state index is 13.0. The highest BCUT2D eigenvalue weighted by Crippen LogP contribution is 2.41. The fourth-order valence-electron chi connectivity index (χ4n) is 5.79. The number of fused-ring (bicyclic) bond motifs is 2. The van der Waals surface area contributed by atoms with Crippen molar-refractivity contribution in [3.63, 3.8) is 0 Å². The van der Waals surface area contributed by atoms with E-state index < -0.39 is 6.04 Å². The fourth-order valence-corrected chi connectivity index (χ4v) is 5.79. The standard InChI is InChI=1S/C26H30N4O3/c27-16-25(32)30-22-7-3-5-19(22)15-23(30)26(33)28-20-10-8-17(9-11-20)14-24(31)29-13-12-18-4-1-2-6-21(18)29/h1-2,4,6,8-11,19,22-23H,3,5,7,12-16,27H2,(H,28,33)/t19-,22-,23-/m0/s1. The van der Waals surface area contributed by atoms with Gasteiger partial charge in [-0.05, 0) is 60.9 Å². The third kappa shape index (κ3) is 4.13. The molecule has 3 aliphatic rings. The molecule has 1 aliphatic carbocycles. The molecule has 0 radical (unpaired) electrons. The Bertz CT molecular complexity index is 1070. The Morgan fingerprint density at radius 2 is 1.79 bits per heavy atom. The number of likely N-dealkylation sites (tertiary alicyclic amines) is 1. The smallest absolute Gasteiger partial charge is 0.247 e. The lowest BCUT2D eigenvalue weighted by molar-refractivity contribution is -0.137. The number of para-hydroxylation sites is 1. The molecule has 1 saturated carbocycles. The first-order chi connectivity index (χ1) is 16.0. The molecule has 2 aromatic carbocycles. The third-order valence-electron chi connectivity index (χ3n) is 7.37. The van der Waals surface area contributed by atoms with Crippen molar-refractivity contribution in [1.82, 2.24) is 4.90 Å². The number of carbonyl (C=O) groups excluding carboxylic acids is 3. The minimum Gasteiger partial charge on any atom is -0.326 e. The van der Waals surface area contributed by atoms with Crippen LogP contribution in [-0.4, -0.2) is 47.8 Å². The van der Waals surface area contributed by atoms with Gasteiger partial charge in [0.15, 0.2) is 0 Å². The number of anilines is 2. The van der Waals surface area contributed by atoms with Crippen LogP contribution < -0.4 is 16.0 Å². The van der Waals surface area contributed by atoms with Gasteiger partial charge in [0, 0.05) is 24.0 Å². The predicted molar refractivity (Wildman–Crippen MR) is 127 cm³/mol. The molecule has 2 fully saturated rings. The monoisotopic (exact) mass is 446 g/mol. The molecule has 0 bridgehead atoms. The molecule has 0 spiro atoms. The quantitative estimate of drug-likeness (QED) is 0.738. The molecule has 3 atom stereocenters. The second-order valence-corrected chi connectivity index (χ2v) is 9.30. The lowest BCUT2D eigenvalue weighted by atomic mass is 10.0. The maximum Gasteiger partial charge on any atom is 0.247 e. The predicted octanol–water partition coefficient (Wildman–Crippen LogP) is 2.49. The number of nitrogens with zero attached hydrogens (tertiary/aromatic N) is 2. The Morgan fingerprint density at radius 1 is 1.00 bits per heavy atom. The third-order valence-corrected chi connectivity index (χ3v) is 7.37. The molecule has 0 aromatic heterocycles. The summed E-state index contributed by atoms with van der Waals surface area (Å²) in [6.07, 6.45) is 5.01. The molecule has 5 rings (SSSR count). The zero-order chi connectivity index (χ0) is 22.9. The minimum atomic E-state index is -0.465. The Labute approximate surface area is 193 Å². The van der Waals surface area contributed by atoms with E-state index in [9.17, 15) is 14.4 Å². The first kappa shape index (κ1) is 21.6. The van der Waals surface area contributed by atoms with E-state index in [1.807, 2.05) is 47.4 Å². The van der Waals surface area contributed by atoms with Crippen molar-refractivity contribution in [1.29, 1.82) is 0 Å². The van der Waals surface area contributed by atoms with Crippen molar-refractivity contribution in [3.8, 4) is 0 Å². The van der Waals surface area contributed by atoms with E-state index >= 15 is 0 Å². The van der Waals surface area contributed by atoms with Gasteiger partial charge in [0.25, 0.3) is 0 Å². The Balaban J connectivity index is 1.22. The van der Waals surface area contributed by atoms with Gasteiger partial charge in [-0.1, -0.05) is 36.8 Å².